The summed E-state index contributed by atoms with van der Waals surface area (Å²) >= 11 is 0. The second kappa shape index (κ2) is 5.33. The lowest BCUT2D eigenvalue weighted by Gasteiger charge is -2.21. The predicted molar refractivity (Wildman–Crippen MR) is 72.7 cm³/mol. The van der Waals surface area contributed by atoms with Crippen LogP contribution in [0.3, 0.4) is 0 Å². The van der Waals surface area contributed by atoms with Gasteiger partial charge in [-0.3, -0.25) is 4.79 Å². The summed E-state index contributed by atoms with van der Waals surface area (Å²) in [6.45, 7) is 0.910. The fraction of sp³-hybridized carbons (Fsp3) is 0.188. The van der Waals surface area contributed by atoms with Crippen LogP contribution in [0.25, 0.3) is 0 Å². The summed E-state index contributed by atoms with van der Waals surface area (Å²) in [6.07, 6.45) is 0.442. The molecular weight excluding hydrogens is 257 g/mol. The molecule has 0 bridgehead atoms. The second-order valence-corrected chi connectivity index (χ2v) is 4.80. The van der Waals surface area contributed by atoms with Crippen LogP contribution in [0.5, 0.6) is 5.75 Å². The van der Waals surface area contributed by atoms with E-state index in [1.807, 2.05) is 30.3 Å². The van der Waals surface area contributed by atoms with E-state index in [1.165, 1.54) is 12.1 Å². The SMILES string of the molecule is O=CN1Cc2ccccc2OC(c2cccc(F)c2)C1. The first kappa shape index (κ1) is 12.7. The van der Waals surface area contributed by atoms with Gasteiger partial charge >= 0.3 is 0 Å². The number of carbonyl (C=O) groups is 1. The van der Waals surface area contributed by atoms with Crippen LogP contribution in [0, 0.1) is 5.82 Å². The Hall–Kier alpha value is -2.36. The lowest BCUT2D eigenvalue weighted by atomic mass is 10.1. The largest absolute Gasteiger partial charge is 0.484 e. The van der Waals surface area contributed by atoms with Crippen molar-refractivity contribution in [1.29, 1.82) is 0 Å². The van der Waals surface area contributed by atoms with Crippen molar-refractivity contribution >= 4 is 6.41 Å². The van der Waals surface area contributed by atoms with Gasteiger partial charge in [-0.25, -0.2) is 4.39 Å². The van der Waals surface area contributed by atoms with Gasteiger partial charge in [0.15, 0.2) is 0 Å². The molecule has 3 nitrogen and oxygen atoms in total. The van der Waals surface area contributed by atoms with Gasteiger partial charge in [0.05, 0.1) is 6.54 Å². The van der Waals surface area contributed by atoms with E-state index in [4.69, 9.17) is 4.74 Å². The molecule has 0 saturated heterocycles. The molecule has 1 atom stereocenters. The molecule has 1 amide bonds. The van der Waals surface area contributed by atoms with E-state index in [2.05, 4.69) is 0 Å². The van der Waals surface area contributed by atoms with E-state index in [1.54, 1.807) is 11.0 Å². The molecule has 20 heavy (non-hydrogen) atoms. The average molecular weight is 271 g/mol. The number of amides is 1. The Balaban J connectivity index is 1.98. The van der Waals surface area contributed by atoms with Gasteiger partial charge in [-0.15, -0.1) is 0 Å². The van der Waals surface area contributed by atoms with Gasteiger partial charge in [-0.1, -0.05) is 30.3 Å². The molecule has 0 N–H and O–H groups in total. The number of nitrogens with zero attached hydrogens (tertiary/aromatic N) is 1. The van der Waals surface area contributed by atoms with E-state index in [9.17, 15) is 9.18 Å². The first-order valence-corrected chi connectivity index (χ1v) is 6.45. The Bertz CT molecular complexity index is 629. The summed E-state index contributed by atoms with van der Waals surface area (Å²) < 4.78 is 19.3. The van der Waals surface area contributed by atoms with Gasteiger partial charge in [0.25, 0.3) is 0 Å². The zero-order valence-corrected chi connectivity index (χ0v) is 10.8. The molecule has 0 aromatic heterocycles. The molecule has 0 saturated carbocycles. The molecule has 1 aliphatic heterocycles. The van der Waals surface area contributed by atoms with Gasteiger partial charge < -0.3 is 9.64 Å². The Morgan fingerprint density at radius 2 is 2.05 bits per heavy atom. The van der Waals surface area contributed by atoms with Gasteiger partial charge in [0, 0.05) is 12.1 Å². The number of rotatable bonds is 2. The molecule has 3 rings (SSSR count). The van der Waals surface area contributed by atoms with E-state index in [0.717, 1.165) is 23.3 Å². The van der Waals surface area contributed by atoms with Crippen molar-refractivity contribution in [2.24, 2.45) is 0 Å². The van der Waals surface area contributed by atoms with Crippen LogP contribution in [0.1, 0.15) is 17.2 Å². The number of hydrogen-bond acceptors (Lipinski definition) is 2. The van der Waals surface area contributed by atoms with Crippen LogP contribution < -0.4 is 4.74 Å². The molecule has 2 aromatic rings. The fourth-order valence-electron chi connectivity index (χ4n) is 2.40. The standard InChI is InChI=1S/C16H14FNO2/c17-14-6-3-5-12(8-14)16-10-18(11-19)9-13-4-1-2-7-15(13)20-16/h1-8,11,16H,9-10H2. The van der Waals surface area contributed by atoms with Crippen molar-refractivity contribution in [2.75, 3.05) is 6.54 Å². The van der Waals surface area contributed by atoms with E-state index in [-0.39, 0.29) is 11.9 Å². The van der Waals surface area contributed by atoms with Gasteiger partial charge in [-0.05, 0) is 23.8 Å². The zero-order valence-electron chi connectivity index (χ0n) is 10.8. The second-order valence-electron chi connectivity index (χ2n) is 4.80. The first-order valence-electron chi connectivity index (χ1n) is 6.45. The fourth-order valence-corrected chi connectivity index (χ4v) is 2.40. The number of hydrogen-bond donors (Lipinski definition) is 0. The van der Waals surface area contributed by atoms with Crippen LogP contribution in [-0.2, 0) is 11.3 Å². The van der Waals surface area contributed by atoms with Crippen molar-refractivity contribution in [3.05, 3.63) is 65.5 Å². The number of para-hydroxylation sites is 1. The summed E-state index contributed by atoms with van der Waals surface area (Å²) in [4.78, 5) is 12.8. The molecule has 1 heterocycles. The molecule has 4 heteroatoms. The molecule has 2 aromatic carbocycles. The molecule has 102 valence electrons. The summed E-state index contributed by atoms with van der Waals surface area (Å²) in [5, 5.41) is 0. The highest BCUT2D eigenvalue weighted by Crippen LogP contribution is 2.30. The molecule has 0 radical (unpaired) electrons. The normalized spacial score (nSPS) is 17.9. The highest BCUT2D eigenvalue weighted by Gasteiger charge is 2.23. The number of carbonyl (C=O) groups excluding carboxylic acids is 1. The summed E-state index contributed by atoms with van der Waals surface area (Å²) in [7, 11) is 0. The van der Waals surface area contributed by atoms with Crippen molar-refractivity contribution in [2.45, 2.75) is 12.6 Å². The third-order valence-corrected chi connectivity index (χ3v) is 3.39. The Morgan fingerprint density at radius 1 is 1.20 bits per heavy atom. The molecule has 0 spiro atoms. The zero-order chi connectivity index (χ0) is 13.9. The molecule has 0 aliphatic carbocycles. The minimum Gasteiger partial charge on any atom is -0.484 e. The van der Waals surface area contributed by atoms with Gasteiger partial charge in [0.1, 0.15) is 17.7 Å². The van der Waals surface area contributed by atoms with E-state index >= 15 is 0 Å². The topological polar surface area (TPSA) is 29.5 Å². The average Bonchev–Trinajstić information content (AvgIpc) is 2.66. The molecular formula is C16H14FNO2. The Morgan fingerprint density at radius 3 is 2.85 bits per heavy atom. The maximum Gasteiger partial charge on any atom is 0.210 e. The van der Waals surface area contributed by atoms with Crippen LogP contribution >= 0.6 is 0 Å². The third-order valence-electron chi connectivity index (χ3n) is 3.39. The van der Waals surface area contributed by atoms with Gasteiger partial charge in [-0.2, -0.15) is 0 Å². The lowest BCUT2D eigenvalue weighted by Crippen LogP contribution is -2.26. The van der Waals surface area contributed by atoms with Crippen molar-refractivity contribution in [1.82, 2.24) is 4.90 Å². The van der Waals surface area contributed by atoms with Gasteiger partial charge in [0.2, 0.25) is 6.41 Å². The first-order chi connectivity index (χ1) is 9.76. The quantitative estimate of drug-likeness (QED) is 0.786. The Kier molecular flexibility index (Phi) is 3.37. The van der Waals surface area contributed by atoms with E-state index < -0.39 is 0 Å². The monoisotopic (exact) mass is 271 g/mol. The third kappa shape index (κ3) is 2.50. The maximum atomic E-state index is 13.4. The minimum atomic E-state index is -0.362. The highest BCUT2D eigenvalue weighted by atomic mass is 19.1. The summed E-state index contributed by atoms with van der Waals surface area (Å²) in [5.74, 6) is 0.437. The molecule has 1 aliphatic rings. The van der Waals surface area contributed by atoms with Crippen molar-refractivity contribution in [3.63, 3.8) is 0 Å². The molecule has 0 fully saturated rings. The molecule has 1 unspecified atom stereocenters. The maximum absolute atomic E-state index is 13.4. The van der Waals surface area contributed by atoms with Crippen molar-refractivity contribution < 1.29 is 13.9 Å². The predicted octanol–water partition coefficient (Wildman–Crippen LogP) is 2.92. The number of benzene rings is 2. The summed E-state index contributed by atoms with van der Waals surface area (Å²) in [6, 6.07) is 13.9. The minimum absolute atomic E-state index is 0.304. The number of halogens is 1. The number of ether oxygens (including phenoxy) is 1. The van der Waals surface area contributed by atoms with E-state index in [0.29, 0.717) is 13.1 Å². The smallest absolute Gasteiger partial charge is 0.210 e. The number of fused-ring (bicyclic) bond motifs is 1. The summed E-state index contributed by atoms with van der Waals surface area (Å²) in [5.41, 5.74) is 1.69. The highest BCUT2D eigenvalue weighted by molar-refractivity contribution is 5.49. The van der Waals surface area contributed by atoms with Crippen LogP contribution in [0.15, 0.2) is 48.5 Å². The van der Waals surface area contributed by atoms with Crippen LogP contribution in [-0.4, -0.2) is 17.9 Å². The van der Waals surface area contributed by atoms with Crippen LogP contribution in [0.2, 0.25) is 0 Å². The Labute approximate surface area is 116 Å². The van der Waals surface area contributed by atoms with Crippen LogP contribution in [0.4, 0.5) is 4.39 Å². The lowest BCUT2D eigenvalue weighted by molar-refractivity contribution is -0.119. The van der Waals surface area contributed by atoms with Crippen molar-refractivity contribution in [3.8, 4) is 5.75 Å².